The molecule has 4 aliphatic rings. The molecule has 0 bridgehead atoms. The van der Waals surface area contributed by atoms with Crippen LogP contribution in [0.15, 0.2) is 127 Å². The van der Waals surface area contributed by atoms with Gasteiger partial charge in [0.05, 0.1) is 33.5 Å². The summed E-state index contributed by atoms with van der Waals surface area (Å²) in [5.74, 6) is -0.859. The molecule has 3 N–H and O–H groups in total. The first-order chi connectivity index (χ1) is 34.2. The monoisotopic (exact) mass is 965 g/mol. The van der Waals surface area contributed by atoms with Crippen molar-refractivity contribution in [1.82, 2.24) is 4.98 Å². The number of anilines is 4. The molecular weight excluding hydrogens is 903 g/mol. The van der Waals surface area contributed by atoms with Crippen molar-refractivity contribution in [3.05, 3.63) is 155 Å². The van der Waals surface area contributed by atoms with Crippen LogP contribution in [0.1, 0.15) is 73.8 Å². The number of esters is 3. The van der Waals surface area contributed by atoms with Crippen molar-refractivity contribution in [2.75, 3.05) is 47.4 Å². The number of nitrogens with one attached hydrogen (secondary N) is 2. The molecule has 5 aromatic carbocycles. The maximum Gasteiger partial charge on any atom is 0.354 e. The van der Waals surface area contributed by atoms with Gasteiger partial charge in [0.2, 0.25) is 17.7 Å². The Hall–Kier alpha value is -7.78. The first-order valence-corrected chi connectivity index (χ1v) is 23.7. The number of para-hydroxylation sites is 5. The number of fused-ring (bicyclic) bond motifs is 5. The third kappa shape index (κ3) is 12.5. The van der Waals surface area contributed by atoms with Crippen LogP contribution >= 0.6 is 0 Å². The Morgan fingerprint density at radius 2 is 1.06 bits per heavy atom. The molecule has 10 rings (SSSR count). The molecule has 15 heteroatoms. The minimum Gasteiger partial charge on any atom is -0.467 e. The summed E-state index contributed by atoms with van der Waals surface area (Å²) in [6.45, 7) is 8.98. The van der Waals surface area contributed by atoms with E-state index in [0.29, 0.717) is 24.8 Å². The highest BCUT2D eigenvalue weighted by Crippen LogP contribution is 2.35. The summed E-state index contributed by atoms with van der Waals surface area (Å²) in [7, 11) is 2.75. The number of methoxy groups -OCH3 is 2. The van der Waals surface area contributed by atoms with E-state index in [2.05, 4.69) is 28.0 Å². The normalized spacial score (nSPS) is 17.3. The van der Waals surface area contributed by atoms with Crippen LogP contribution in [-0.2, 0) is 63.9 Å². The van der Waals surface area contributed by atoms with Crippen LogP contribution in [0, 0.1) is 0 Å². The molecule has 372 valence electrons. The molecule has 0 radical (unpaired) electrons. The topological polar surface area (TPSA) is 188 Å². The van der Waals surface area contributed by atoms with Gasteiger partial charge in [-0.15, -0.1) is 0 Å². The van der Waals surface area contributed by atoms with Crippen LogP contribution in [0.4, 0.5) is 22.7 Å². The summed E-state index contributed by atoms with van der Waals surface area (Å²) in [4.78, 5) is 76.7. The molecule has 1 aromatic heterocycles. The van der Waals surface area contributed by atoms with Gasteiger partial charge in [-0.3, -0.25) is 19.3 Å². The van der Waals surface area contributed by atoms with Crippen LogP contribution < -0.4 is 20.0 Å². The Bertz CT molecular complexity index is 2710. The predicted molar refractivity (Wildman–Crippen MR) is 275 cm³/mol. The molecule has 4 unspecified atom stereocenters. The number of aliphatic hydroxyl groups excluding tert-OH is 1. The predicted octanol–water partition coefficient (Wildman–Crippen LogP) is 8.01. The number of rotatable bonds is 6. The lowest BCUT2D eigenvalue weighted by Crippen LogP contribution is -2.42. The van der Waals surface area contributed by atoms with Gasteiger partial charge in [0.15, 0.2) is 0 Å². The van der Waals surface area contributed by atoms with Gasteiger partial charge in [-0.05, 0) is 84.8 Å². The number of H-pyrrole nitrogens is 1. The summed E-state index contributed by atoms with van der Waals surface area (Å²) >= 11 is 0. The van der Waals surface area contributed by atoms with Crippen LogP contribution in [0.5, 0.6) is 0 Å². The molecule has 0 saturated heterocycles. The average molecular weight is 966 g/mol. The van der Waals surface area contributed by atoms with E-state index in [4.69, 9.17) is 14.6 Å². The lowest BCUT2D eigenvalue weighted by molar-refractivity contribution is -0.143. The largest absolute Gasteiger partial charge is 0.467 e. The first-order valence-electron chi connectivity index (χ1n) is 23.7. The molecule has 0 fully saturated rings. The summed E-state index contributed by atoms with van der Waals surface area (Å²) in [6.07, 6.45) is 4.04. The van der Waals surface area contributed by atoms with E-state index in [1.807, 2.05) is 120 Å². The number of nitrogens with zero attached hydrogens (tertiary/aromatic N) is 3. The third-order valence-electron chi connectivity index (χ3n) is 12.6. The van der Waals surface area contributed by atoms with Gasteiger partial charge in [0, 0.05) is 73.3 Å². The van der Waals surface area contributed by atoms with E-state index >= 15 is 0 Å². The van der Waals surface area contributed by atoms with Crippen molar-refractivity contribution in [3.8, 4) is 0 Å². The molecule has 0 aliphatic carbocycles. The number of ether oxygens (including phenoxy) is 3. The van der Waals surface area contributed by atoms with Crippen molar-refractivity contribution in [2.24, 2.45) is 0 Å². The molecule has 0 spiro atoms. The zero-order chi connectivity index (χ0) is 51.2. The Morgan fingerprint density at radius 1 is 0.577 bits per heavy atom. The van der Waals surface area contributed by atoms with E-state index in [1.54, 1.807) is 24.8 Å². The van der Waals surface area contributed by atoms with Crippen LogP contribution in [-0.4, -0.2) is 97.3 Å². The number of aromatic amines is 1. The average Bonchev–Trinajstić information content (AvgIpc) is 4.23. The smallest absolute Gasteiger partial charge is 0.354 e. The highest BCUT2D eigenvalue weighted by atomic mass is 16.5. The summed E-state index contributed by atoms with van der Waals surface area (Å²) in [5.41, 5.74) is 9.99. The Labute approximate surface area is 414 Å². The van der Waals surface area contributed by atoms with E-state index in [0.717, 1.165) is 70.5 Å². The number of aliphatic hydroxyl groups is 1. The van der Waals surface area contributed by atoms with Crippen molar-refractivity contribution >= 4 is 69.3 Å². The zero-order valence-electron chi connectivity index (χ0n) is 41.3. The summed E-state index contributed by atoms with van der Waals surface area (Å²) in [5, 5.41) is 13.3. The minimum absolute atomic E-state index is 0.00556. The van der Waals surface area contributed by atoms with Crippen molar-refractivity contribution in [2.45, 2.75) is 90.9 Å². The van der Waals surface area contributed by atoms with Gasteiger partial charge in [-0.25, -0.2) is 14.4 Å². The van der Waals surface area contributed by atoms with Gasteiger partial charge >= 0.3 is 17.9 Å². The lowest BCUT2D eigenvalue weighted by atomic mass is 10.1. The van der Waals surface area contributed by atoms with E-state index in [-0.39, 0.29) is 54.3 Å². The Kier molecular flexibility index (Phi) is 18.3. The van der Waals surface area contributed by atoms with Gasteiger partial charge in [-0.1, -0.05) is 97.9 Å². The number of aromatic nitrogens is 1. The van der Waals surface area contributed by atoms with E-state index in [1.165, 1.54) is 44.1 Å². The lowest BCUT2D eigenvalue weighted by Gasteiger charge is -2.22. The molecule has 4 atom stereocenters. The standard InChI is InChI=1S/C12H13NO3.C12H15NO.C11H13NO2.C11H11NO2.C10H11NO2/c1-8(14)13-10-6-4-3-5-9(10)7-11(13)12(15)16-2;1-3-11-8-10-6-4-5-7-12(10)13(11)9(2)14;1-8(14)12-10(7-13)6-9-4-2-3-5-11(9)12;1-2-14-11(13)10-7-8-5-3-4-6-9(8)12-10;1-13-10(12)9-6-7-4-2-3-5-8(7)11-9/h3-6,11H,7H2,1-2H3;4-7,11H,3,8H2,1-2H3;2-5,10,13H,6-7H2,1H3;3-7,12H,2H2,1H3;2-5,9,11H,6H2,1H3. The van der Waals surface area contributed by atoms with Crippen LogP contribution in [0.2, 0.25) is 0 Å². The van der Waals surface area contributed by atoms with Crippen molar-refractivity contribution < 1.29 is 48.1 Å². The maximum atomic E-state index is 11.6. The van der Waals surface area contributed by atoms with Crippen LogP contribution in [0.3, 0.4) is 0 Å². The number of hydrogen-bond acceptors (Lipinski definition) is 11. The fourth-order valence-electron chi connectivity index (χ4n) is 9.32. The SMILES string of the molecule is CC(=O)N1c2ccccc2CC1CO.CCC1Cc2ccccc2N1C(C)=O.CCOC(=O)c1cc2ccccc2[nH]1.COC(=O)C1Cc2ccccc2N1.COC(=O)C1Cc2ccccc2N1C(C)=O. The Balaban J connectivity index is 0.000000145. The molecule has 0 saturated carbocycles. The first kappa shape index (κ1) is 52.6. The van der Waals surface area contributed by atoms with E-state index < -0.39 is 6.04 Å². The number of hydrogen-bond donors (Lipinski definition) is 3. The summed E-state index contributed by atoms with van der Waals surface area (Å²) in [6, 6.07) is 40.5. The second-order valence-corrected chi connectivity index (χ2v) is 17.2. The van der Waals surface area contributed by atoms with Crippen molar-refractivity contribution in [3.63, 3.8) is 0 Å². The minimum atomic E-state index is -0.514. The quantitative estimate of drug-likeness (QED) is 0.108. The van der Waals surface area contributed by atoms with Gasteiger partial charge in [-0.2, -0.15) is 0 Å². The van der Waals surface area contributed by atoms with Gasteiger partial charge in [0.25, 0.3) is 0 Å². The molecule has 4 aliphatic heterocycles. The highest BCUT2D eigenvalue weighted by molar-refractivity contribution is 6.01. The second-order valence-electron chi connectivity index (χ2n) is 17.2. The van der Waals surface area contributed by atoms with Crippen LogP contribution in [0.25, 0.3) is 10.9 Å². The van der Waals surface area contributed by atoms with E-state index in [9.17, 15) is 28.8 Å². The maximum absolute atomic E-state index is 11.6. The highest BCUT2D eigenvalue weighted by Gasteiger charge is 2.37. The number of amides is 3. The molecular formula is C56H63N5O10. The fraction of sp³-hybridized carbons (Fsp3) is 0.321. The third-order valence-corrected chi connectivity index (χ3v) is 12.6. The van der Waals surface area contributed by atoms with Gasteiger partial charge in [0.1, 0.15) is 17.8 Å². The number of carbonyl (C=O) groups is 6. The molecule has 6 aromatic rings. The number of carbonyl (C=O) groups excluding carboxylic acids is 6. The molecule has 71 heavy (non-hydrogen) atoms. The molecule has 15 nitrogen and oxygen atoms in total. The zero-order valence-corrected chi connectivity index (χ0v) is 41.3. The fourth-order valence-corrected chi connectivity index (χ4v) is 9.32. The number of benzene rings is 5. The molecule has 5 heterocycles. The molecule has 3 amide bonds. The van der Waals surface area contributed by atoms with Crippen molar-refractivity contribution in [1.29, 1.82) is 0 Å². The second kappa shape index (κ2) is 24.7. The Morgan fingerprint density at radius 3 is 1.56 bits per heavy atom. The van der Waals surface area contributed by atoms with Gasteiger partial charge < -0.3 is 39.4 Å². The summed E-state index contributed by atoms with van der Waals surface area (Å²) < 4.78 is 14.3.